The maximum absolute atomic E-state index is 11.4. The molecule has 102 valence electrons. The fourth-order valence-corrected chi connectivity index (χ4v) is 1.42. The molecular formula is C11H19N3O4. The summed E-state index contributed by atoms with van der Waals surface area (Å²) in [5.41, 5.74) is 0. The van der Waals surface area contributed by atoms with Gasteiger partial charge in [0.25, 0.3) is 0 Å². The molecule has 1 rings (SSSR count). The molecule has 7 heteroatoms. The zero-order valence-electron chi connectivity index (χ0n) is 10.4. The highest BCUT2D eigenvalue weighted by atomic mass is 16.4. The molecule has 0 heterocycles. The number of carboxylic acid groups (broad SMARTS) is 1. The van der Waals surface area contributed by atoms with E-state index in [2.05, 4.69) is 16.0 Å². The van der Waals surface area contributed by atoms with Gasteiger partial charge in [-0.1, -0.05) is 13.3 Å². The predicted molar refractivity (Wildman–Crippen MR) is 64.0 cm³/mol. The van der Waals surface area contributed by atoms with Gasteiger partial charge in [-0.25, -0.2) is 9.59 Å². The number of hydrogen-bond acceptors (Lipinski definition) is 3. The van der Waals surface area contributed by atoms with Crippen molar-refractivity contribution in [2.75, 3.05) is 6.54 Å². The summed E-state index contributed by atoms with van der Waals surface area (Å²) in [6.45, 7) is 1.69. The maximum Gasteiger partial charge on any atom is 0.326 e. The summed E-state index contributed by atoms with van der Waals surface area (Å²) in [6.07, 6.45) is 2.97. The van der Waals surface area contributed by atoms with Crippen LogP contribution in [0.15, 0.2) is 0 Å². The maximum atomic E-state index is 11.4. The van der Waals surface area contributed by atoms with Gasteiger partial charge < -0.3 is 21.1 Å². The van der Waals surface area contributed by atoms with E-state index in [4.69, 9.17) is 5.11 Å². The molecule has 1 saturated carbocycles. The molecule has 1 aliphatic rings. The molecule has 3 amide bonds. The third kappa shape index (κ3) is 5.51. The highest BCUT2D eigenvalue weighted by Crippen LogP contribution is 2.18. The summed E-state index contributed by atoms with van der Waals surface area (Å²) in [6, 6.07) is -1.31. The summed E-state index contributed by atoms with van der Waals surface area (Å²) in [5, 5.41) is 16.2. The van der Waals surface area contributed by atoms with Crippen LogP contribution in [-0.4, -0.2) is 41.6 Å². The van der Waals surface area contributed by atoms with Crippen molar-refractivity contribution in [3.63, 3.8) is 0 Å². The number of urea groups is 1. The first-order valence-corrected chi connectivity index (χ1v) is 6.09. The lowest BCUT2D eigenvalue weighted by molar-refractivity contribution is -0.139. The van der Waals surface area contributed by atoms with E-state index in [9.17, 15) is 14.4 Å². The monoisotopic (exact) mass is 257 g/mol. The van der Waals surface area contributed by atoms with Gasteiger partial charge in [-0.15, -0.1) is 0 Å². The highest BCUT2D eigenvalue weighted by molar-refractivity contribution is 5.86. The summed E-state index contributed by atoms with van der Waals surface area (Å²) < 4.78 is 0. The van der Waals surface area contributed by atoms with Gasteiger partial charge in [0.1, 0.15) is 6.04 Å². The summed E-state index contributed by atoms with van der Waals surface area (Å²) in [4.78, 5) is 33.4. The normalized spacial score (nSPS) is 15.6. The van der Waals surface area contributed by atoms with Crippen LogP contribution in [0.4, 0.5) is 4.79 Å². The number of carboxylic acids is 1. The topological polar surface area (TPSA) is 108 Å². The van der Waals surface area contributed by atoms with Crippen molar-refractivity contribution in [1.29, 1.82) is 0 Å². The predicted octanol–water partition coefficient (Wildman–Crippen LogP) is -0.182. The van der Waals surface area contributed by atoms with Gasteiger partial charge >= 0.3 is 12.0 Å². The van der Waals surface area contributed by atoms with Gasteiger partial charge in [-0.05, 0) is 19.3 Å². The molecule has 7 nitrogen and oxygen atoms in total. The van der Waals surface area contributed by atoms with E-state index in [0.717, 1.165) is 12.8 Å². The average molecular weight is 257 g/mol. The van der Waals surface area contributed by atoms with Gasteiger partial charge in [0.05, 0.1) is 6.54 Å². The molecule has 1 fully saturated rings. The van der Waals surface area contributed by atoms with Crippen molar-refractivity contribution >= 4 is 17.9 Å². The van der Waals surface area contributed by atoms with Crippen molar-refractivity contribution < 1.29 is 19.5 Å². The average Bonchev–Trinajstić information content (AvgIpc) is 3.09. The van der Waals surface area contributed by atoms with Crippen molar-refractivity contribution in [3.05, 3.63) is 0 Å². The molecule has 1 unspecified atom stereocenters. The van der Waals surface area contributed by atoms with E-state index in [-0.39, 0.29) is 18.5 Å². The molecular weight excluding hydrogens is 238 g/mol. The number of amides is 3. The van der Waals surface area contributed by atoms with Gasteiger partial charge in [0.15, 0.2) is 0 Å². The van der Waals surface area contributed by atoms with Gasteiger partial charge in [0.2, 0.25) is 5.91 Å². The standard InChI is InChI=1S/C11H19N3O4/c1-2-3-8(10(16)17)14-11(18)12-6-9(15)13-7-4-5-7/h7-8H,2-6H2,1H3,(H,13,15)(H,16,17)(H2,12,14,18). The first-order valence-electron chi connectivity index (χ1n) is 6.09. The van der Waals surface area contributed by atoms with E-state index >= 15 is 0 Å². The van der Waals surface area contributed by atoms with Gasteiger partial charge in [-0.3, -0.25) is 4.79 Å². The summed E-state index contributed by atoms with van der Waals surface area (Å²) in [7, 11) is 0. The minimum atomic E-state index is -1.07. The Morgan fingerprint density at radius 1 is 1.33 bits per heavy atom. The largest absolute Gasteiger partial charge is 0.480 e. The molecule has 4 N–H and O–H groups in total. The highest BCUT2D eigenvalue weighted by Gasteiger charge is 2.23. The number of nitrogens with one attached hydrogen (secondary N) is 3. The van der Waals surface area contributed by atoms with Crippen LogP contribution < -0.4 is 16.0 Å². The van der Waals surface area contributed by atoms with Crippen molar-refractivity contribution in [2.45, 2.75) is 44.7 Å². The second kappa shape index (κ2) is 6.83. The second-order valence-electron chi connectivity index (χ2n) is 4.35. The van der Waals surface area contributed by atoms with Crippen molar-refractivity contribution in [3.8, 4) is 0 Å². The molecule has 0 aromatic carbocycles. The van der Waals surface area contributed by atoms with Crippen LogP contribution in [0, 0.1) is 0 Å². The van der Waals surface area contributed by atoms with E-state index in [0.29, 0.717) is 12.8 Å². The fraction of sp³-hybridized carbons (Fsp3) is 0.727. The summed E-state index contributed by atoms with van der Waals surface area (Å²) >= 11 is 0. The minimum Gasteiger partial charge on any atom is -0.480 e. The van der Waals surface area contributed by atoms with Gasteiger partial charge in [-0.2, -0.15) is 0 Å². The number of carbonyl (C=O) groups excluding carboxylic acids is 2. The van der Waals surface area contributed by atoms with Crippen molar-refractivity contribution in [1.82, 2.24) is 16.0 Å². The molecule has 0 radical (unpaired) electrons. The van der Waals surface area contributed by atoms with Crippen LogP contribution in [0.3, 0.4) is 0 Å². The van der Waals surface area contributed by atoms with E-state index in [1.807, 2.05) is 6.92 Å². The Labute approximate surface area is 105 Å². The Morgan fingerprint density at radius 3 is 2.50 bits per heavy atom. The molecule has 1 atom stereocenters. The lowest BCUT2D eigenvalue weighted by atomic mass is 10.2. The molecule has 0 aromatic rings. The first kappa shape index (κ1) is 14.3. The first-order chi connectivity index (χ1) is 8.52. The Morgan fingerprint density at radius 2 is 2.00 bits per heavy atom. The molecule has 0 spiro atoms. The van der Waals surface area contributed by atoms with Crippen LogP contribution >= 0.6 is 0 Å². The molecule has 0 saturated heterocycles. The summed E-state index contributed by atoms with van der Waals surface area (Å²) in [5.74, 6) is -1.33. The van der Waals surface area contributed by atoms with E-state index in [1.54, 1.807) is 0 Å². The molecule has 0 bridgehead atoms. The quantitative estimate of drug-likeness (QED) is 0.507. The third-order valence-electron chi connectivity index (χ3n) is 2.53. The van der Waals surface area contributed by atoms with Crippen LogP contribution in [0.25, 0.3) is 0 Å². The zero-order chi connectivity index (χ0) is 13.5. The van der Waals surface area contributed by atoms with E-state index in [1.165, 1.54) is 0 Å². The van der Waals surface area contributed by atoms with Gasteiger partial charge in [0, 0.05) is 6.04 Å². The Balaban J connectivity index is 2.21. The smallest absolute Gasteiger partial charge is 0.326 e. The van der Waals surface area contributed by atoms with Crippen LogP contribution in [0.5, 0.6) is 0 Å². The lowest BCUT2D eigenvalue weighted by Crippen LogP contribution is -2.48. The van der Waals surface area contributed by atoms with Crippen LogP contribution in [0.1, 0.15) is 32.6 Å². The Hall–Kier alpha value is -1.79. The number of rotatable bonds is 7. The Kier molecular flexibility index (Phi) is 5.41. The van der Waals surface area contributed by atoms with Crippen LogP contribution in [-0.2, 0) is 9.59 Å². The minimum absolute atomic E-state index is 0.138. The number of aliphatic carboxylic acids is 1. The lowest BCUT2D eigenvalue weighted by Gasteiger charge is -2.14. The molecule has 0 aromatic heterocycles. The zero-order valence-corrected chi connectivity index (χ0v) is 10.4. The van der Waals surface area contributed by atoms with E-state index < -0.39 is 18.0 Å². The fourth-order valence-electron chi connectivity index (χ4n) is 1.42. The molecule has 18 heavy (non-hydrogen) atoms. The molecule has 0 aliphatic heterocycles. The number of carbonyl (C=O) groups is 3. The third-order valence-corrected chi connectivity index (χ3v) is 2.53. The SMILES string of the molecule is CCCC(NC(=O)NCC(=O)NC1CC1)C(=O)O. The van der Waals surface area contributed by atoms with Crippen LogP contribution in [0.2, 0.25) is 0 Å². The Bertz CT molecular complexity index is 328. The van der Waals surface area contributed by atoms with Crippen molar-refractivity contribution in [2.24, 2.45) is 0 Å². The second-order valence-corrected chi connectivity index (χ2v) is 4.35. The molecule has 1 aliphatic carbocycles. The number of hydrogen-bond donors (Lipinski definition) is 4.